The van der Waals surface area contributed by atoms with Gasteiger partial charge < -0.3 is 4.90 Å². The topological polar surface area (TPSA) is 133 Å². The molecule has 0 spiro atoms. The molecular formula is C22H20F3N9O2. The first-order valence-electron chi connectivity index (χ1n) is 11.1. The van der Waals surface area contributed by atoms with Gasteiger partial charge in [-0.1, -0.05) is 30.3 Å². The number of hydrazine groups is 1. The van der Waals surface area contributed by atoms with Crippen LogP contribution >= 0.6 is 0 Å². The third-order valence-electron chi connectivity index (χ3n) is 5.88. The largest absolute Gasteiger partial charge is 0.453 e. The number of carbonyl (C=O) groups excluding carboxylic acids is 2. The number of alkyl halides is 3. The number of carbonyl (C=O) groups is 2. The Labute approximate surface area is 201 Å². The van der Waals surface area contributed by atoms with Crippen LogP contribution in [0.3, 0.4) is 0 Å². The van der Waals surface area contributed by atoms with Crippen LogP contribution in [0.5, 0.6) is 0 Å². The summed E-state index contributed by atoms with van der Waals surface area (Å²) in [5, 5.41) is 17.5. The predicted molar refractivity (Wildman–Crippen MR) is 120 cm³/mol. The quantitative estimate of drug-likeness (QED) is 0.367. The molecule has 0 bridgehead atoms. The molecule has 14 heteroatoms. The van der Waals surface area contributed by atoms with Crippen molar-refractivity contribution in [3.8, 4) is 11.3 Å². The lowest BCUT2D eigenvalue weighted by Gasteiger charge is -2.32. The number of benzene rings is 1. The zero-order valence-electron chi connectivity index (χ0n) is 18.7. The summed E-state index contributed by atoms with van der Waals surface area (Å²) < 4.78 is 40.0. The monoisotopic (exact) mass is 499 g/mol. The van der Waals surface area contributed by atoms with Crippen LogP contribution in [0.4, 0.5) is 19.0 Å². The Kier molecular flexibility index (Phi) is 6.00. The van der Waals surface area contributed by atoms with E-state index in [1.807, 2.05) is 30.3 Å². The number of nitrogens with one attached hydrogen (secondary N) is 3. The molecular weight excluding hydrogens is 479 g/mol. The minimum absolute atomic E-state index is 0.00997. The number of aromatic nitrogens is 6. The molecule has 1 fully saturated rings. The summed E-state index contributed by atoms with van der Waals surface area (Å²) in [6.07, 6.45) is -3.82. The molecule has 0 aliphatic carbocycles. The standard InChI is InChI=1S/C22H20F3N9O2/c23-22(24,25)21-31-28-17-6-7-18(32-34(17)21)33-10-8-14(9-11-33)19(35)29-30-20(36)16-12-15(26-27-16)13-4-2-1-3-5-13/h1-7,12,14H,8-11H2,(H,26,27)(H,29,35)(H,30,36). The normalized spacial score (nSPS) is 14.7. The van der Waals surface area contributed by atoms with E-state index < -0.39 is 17.9 Å². The molecule has 1 aliphatic rings. The van der Waals surface area contributed by atoms with Crippen LogP contribution < -0.4 is 15.8 Å². The number of halogens is 3. The molecule has 36 heavy (non-hydrogen) atoms. The fraction of sp³-hybridized carbons (Fsp3) is 0.273. The van der Waals surface area contributed by atoms with E-state index in [0.717, 1.165) is 5.56 Å². The number of nitrogens with zero attached hydrogens (tertiary/aromatic N) is 6. The van der Waals surface area contributed by atoms with Gasteiger partial charge in [0.25, 0.3) is 11.7 Å². The molecule has 4 aromatic rings. The van der Waals surface area contributed by atoms with Crippen molar-refractivity contribution in [1.29, 1.82) is 0 Å². The van der Waals surface area contributed by atoms with E-state index in [-0.39, 0.29) is 23.2 Å². The number of amides is 2. The number of piperidine rings is 1. The molecule has 1 aromatic carbocycles. The fourth-order valence-corrected chi connectivity index (χ4v) is 3.98. The van der Waals surface area contributed by atoms with E-state index in [0.29, 0.717) is 42.0 Å². The molecule has 1 aliphatic heterocycles. The van der Waals surface area contributed by atoms with Gasteiger partial charge in [0.2, 0.25) is 5.91 Å². The number of aromatic amines is 1. The molecule has 1 saturated heterocycles. The van der Waals surface area contributed by atoms with Crippen molar-refractivity contribution in [2.45, 2.75) is 19.0 Å². The van der Waals surface area contributed by atoms with Crippen molar-refractivity contribution in [1.82, 2.24) is 40.9 Å². The van der Waals surface area contributed by atoms with Gasteiger partial charge in [0.05, 0.1) is 5.69 Å². The van der Waals surface area contributed by atoms with Crippen molar-refractivity contribution in [3.63, 3.8) is 0 Å². The van der Waals surface area contributed by atoms with Crippen molar-refractivity contribution in [3.05, 3.63) is 60.0 Å². The van der Waals surface area contributed by atoms with Crippen molar-refractivity contribution >= 4 is 23.3 Å². The number of fused-ring (bicyclic) bond motifs is 1. The maximum Gasteiger partial charge on any atom is 0.453 e. The summed E-state index contributed by atoms with van der Waals surface area (Å²) in [6, 6.07) is 13.9. The van der Waals surface area contributed by atoms with Gasteiger partial charge in [-0.05, 0) is 31.0 Å². The average Bonchev–Trinajstić information content (AvgIpc) is 3.55. The summed E-state index contributed by atoms with van der Waals surface area (Å²) in [5.41, 5.74) is 6.44. The highest BCUT2D eigenvalue weighted by atomic mass is 19.4. The van der Waals surface area contributed by atoms with Gasteiger partial charge in [-0.15, -0.1) is 15.3 Å². The number of anilines is 1. The van der Waals surface area contributed by atoms with Crippen LogP contribution in [0.15, 0.2) is 48.5 Å². The Bertz CT molecular complexity index is 1390. The number of hydrogen-bond donors (Lipinski definition) is 3. The van der Waals surface area contributed by atoms with Gasteiger partial charge in [-0.3, -0.25) is 25.5 Å². The summed E-state index contributed by atoms with van der Waals surface area (Å²) in [6.45, 7) is 0.796. The molecule has 0 radical (unpaired) electrons. The van der Waals surface area contributed by atoms with Crippen molar-refractivity contribution < 1.29 is 22.8 Å². The lowest BCUT2D eigenvalue weighted by atomic mass is 9.96. The van der Waals surface area contributed by atoms with Gasteiger partial charge in [0, 0.05) is 24.6 Å². The van der Waals surface area contributed by atoms with Crippen molar-refractivity contribution in [2.24, 2.45) is 5.92 Å². The number of hydrogen-bond acceptors (Lipinski definition) is 7. The smallest absolute Gasteiger partial charge is 0.355 e. The first-order chi connectivity index (χ1) is 17.3. The third kappa shape index (κ3) is 4.69. The van der Waals surface area contributed by atoms with E-state index in [9.17, 15) is 22.8 Å². The minimum Gasteiger partial charge on any atom is -0.355 e. The van der Waals surface area contributed by atoms with Gasteiger partial charge in [-0.25, -0.2) is 0 Å². The Morgan fingerprint density at radius 2 is 1.75 bits per heavy atom. The molecule has 3 aromatic heterocycles. The van der Waals surface area contributed by atoms with Crippen LogP contribution in [-0.2, 0) is 11.0 Å². The van der Waals surface area contributed by atoms with Crippen LogP contribution in [0.2, 0.25) is 0 Å². The number of rotatable bonds is 4. The van der Waals surface area contributed by atoms with E-state index in [4.69, 9.17) is 0 Å². The lowest BCUT2D eigenvalue weighted by Crippen LogP contribution is -2.47. The Morgan fingerprint density at radius 3 is 2.47 bits per heavy atom. The molecule has 0 atom stereocenters. The minimum atomic E-state index is -4.68. The molecule has 2 amide bonds. The summed E-state index contributed by atoms with van der Waals surface area (Å²) in [4.78, 5) is 26.7. The highest BCUT2D eigenvalue weighted by molar-refractivity contribution is 5.94. The third-order valence-corrected chi connectivity index (χ3v) is 5.88. The zero-order chi connectivity index (χ0) is 25.3. The summed E-state index contributed by atoms with van der Waals surface area (Å²) >= 11 is 0. The van der Waals surface area contributed by atoms with Gasteiger partial charge in [0.1, 0.15) is 11.5 Å². The first kappa shape index (κ1) is 23.3. The fourth-order valence-electron chi connectivity index (χ4n) is 3.98. The molecule has 4 heterocycles. The second-order valence-corrected chi connectivity index (χ2v) is 8.22. The number of H-pyrrole nitrogens is 1. The average molecular weight is 499 g/mol. The van der Waals surface area contributed by atoms with E-state index >= 15 is 0 Å². The SMILES string of the molecule is O=C(NNC(=O)C1CCN(c2ccc3nnc(C(F)(F)F)n3n2)CC1)c1cc(-c2ccccc2)n[nH]1. The van der Waals surface area contributed by atoms with Gasteiger partial charge in [-0.2, -0.15) is 22.8 Å². The second-order valence-electron chi connectivity index (χ2n) is 8.22. The summed E-state index contributed by atoms with van der Waals surface area (Å²) in [5.74, 6) is -2.15. The molecule has 0 saturated carbocycles. The summed E-state index contributed by atoms with van der Waals surface area (Å²) in [7, 11) is 0. The zero-order valence-corrected chi connectivity index (χ0v) is 18.7. The maximum absolute atomic E-state index is 13.1. The highest BCUT2D eigenvalue weighted by Crippen LogP contribution is 2.28. The van der Waals surface area contributed by atoms with Crippen molar-refractivity contribution in [2.75, 3.05) is 18.0 Å². The second kappa shape index (κ2) is 9.28. The van der Waals surface area contributed by atoms with Crippen LogP contribution in [0.1, 0.15) is 29.2 Å². The predicted octanol–water partition coefficient (Wildman–Crippen LogP) is 2.21. The Balaban J connectivity index is 1.15. The first-order valence-corrected chi connectivity index (χ1v) is 11.1. The Hall–Kier alpha value is -4.49. The Morgan fingerprint density at radius 1 is 1.00 bits per heavy atom. The van der Waals surface area contributed by atoms with E-state index in [2.05, 4.69) is 36.3 Å². The van der Waals surface area contributed by atoms with Gasteiger partial charge in [0.15, 0.2) is 5.65 Å². The van der Waals surface area contributed by atoms with Crippen LogP contribution in [0.25, 0.3) is 16.9 Å². The van der Waals surface area contributed by atoms with E-state index in [1.54, 1.807) is 17.0 Å². The molecule has 5 rings (SSSR count). The van der Waals surface area contributed by atoms with Crippen LogP contribution in [0, 0.1) is 5.92 Å². The molecule has 0 unspecified atom stereocenters. The molecule has 3 N–H and O–H groups in total. The maximum atomic E-state index is 13.1. The highest BCUT2D eigenvalue weighted by Gasteiger charge is 2.38. The van der Waals surface area contributed by atoms with E-state index in [1.165, 1.54) is 6.07 Å². The molecule has 11 nitrogen and oxygen atoms in total. The lowest BCUT2D eigenvalue weighted by molar-refractivity contribution is -0.146. The van der Waals surface area contributed by atoms with Gasteiger partial charge >= 0.3 is 6.18 Å². The van der Waals surface area contributed by atoms with Crippen LogP contribution in [-0.4, -0.2) is 54.9 Å². The molecule has 186 valence electrons.